The largest absolute Gasteiger partial charge is 0.493 e. The van der Waals surface area contributed by atoms with Crippen molar-refractivity contribution in [3.8, 4) is 11.5 Å². The molecule has 112 valence electrons. The third-order valence-corrected chi connectivity index (χ3v) is 3.57. The van der Waals surface area contributed by atoms with Gasteiger partial charge in [-0.3, -0.25) is 4.79 Å². The molecule has 1 amide bonds. The van der Waals surface area contributed by atoms with E-state index >= 15 is 0 Å². The molecule has 0 spiro atoms. The van der Waals surface area contributed by atoms with Gasteiger partial charge in [0.15, 0.2) is 11.5 Å². The van der Waals surface area contributed by atoms with Crippen LogP contribution in [-0.2, 0) is 9.53 Å². The van der Waals surface area contributed by atoms with Crippen LogP contribution in [0, 0.1) is 0 Å². The second kappa shape index (κ2) is 9.50. The average Bonchev–Trinajstić information content (AvgIpc) is 2.49. The Bertz CT molecular complexity index is 426. The summed E-state index contributed by atoms with van der Waals surface area (Å²) in [5.41, 5.74) is 0. The quantitative estimate of drug-likeness (QED) is 0.558. The second-order valence-corrected chi connectivity index (χ2v) is 5.05. The van der Waals surface area contributed by atoms with Gasteiger partial charge in [-0.05, 0) is 24.6 Å². The monoisotopic (exact) mass is 299 g/mol. The van der Waals surface area contributed by atoms with Crippen molar-refractivity contribution in [1.82, 2.24) is 5.32 Å². The van der Waals surface area contributed by atoms with E-state index in [1.54, 1.807) is 21.3 Å². The average molecular weight is 299 g/mol. The molecule has 6 heteroatoms. The number of carbonyl (C=O) groups excluding carboxylic acids is 1. The van der Waals surface area contributed by atoms with Crippen molar-refractivity contribution in [1.29, 1.82) is 0 Å². The summed E-state index contributed by atoms with van der Waals surface area (Å²) in [7, 11) is 4.83. The van der Waals surface area contributed by atoms with Crippen molar-refractivity contribution in [3.05, 3.63) is 18.2 Å². The van der Waals surface area contributed by atoms with Crippen LogP contribution in [-0.4, -0.2) is 46.1 Å². The number of benzene rings is 1. The lowest BCUT2D eigenvalue weighted by Crippen LogP contribution is -2.26. The molecule has 0 saturated heterocycles. The van der Waals surface area contributed by atoms with E-state index in [-0.39, 0.29) is 5.91 Å². The highest BCUT2D eigenvalue weighted by Crippen LogP contribution is 2.31. The lowest BCUT2D eigenvalue weighted by molar-refractivity contribution is -0.118. The molecule has 0 atom stereocenters. The van der Waals surface area contributed by atoms with E-state index in [2.05, 4.69) is 5.32 Å². The minimum atomic E-state index is 0.0147. The molecule has 0 heterocycles. The lowest BCUT2D eigenvalue weighted by atomic mass is 10.3. The van der Waals surface area contributed by atoms with Gasteiger partial charge in [0.25, 0.3) is 0 Å². The van der Waals surface area contributed by atoms with Crippen LogP contribution in [0.15, 0.2) is 23.1 Å². The molecule has 0 saturated carbocycles. The maximum absolute atomic E-state index is 11.6. The molecular formula is C14H21NO4S. The topological polar surface area (TPSA) is 56.8 Å². The first-order valence-corrected chi connectivity index (χ1v) is 7.30. The van der Waals surface area contributed by atoms with Crippen molar-refractivity contribution in [2.24, 2.45) is 0 Å². The molecule has 0 fully saturated rings. The van der Waals surface area contributed by atoms with Crippen molar-refractivity contribution >= 4 is 17.7 Å². The highest BCUT2D eigenvalue weighted by molar-refractivity contribution is 8.00. The Hall–Kier alpha value is -1.40. The first-order valence-electron chi connectivity index (χ1n) is 6.31. The van der Waals surface area contributed by atoms with E-state index in [4.69, 9.17) is 14.2 Å². The van der Waals surface area contributed by atoms with Gasteiger partial charge in [0.2, 0.25) is 5.91 Å². The molecule has 20 heavy (non-hydrogen) atoms. The summed E-state index contributed by atoms with van der Waals surface area (Å²) < 4.78 is 15.3. The third kappa shape index (κ3) is 5.71. The van der Waals surface area contributed by atoms with Crippen LogP contribution in [0.1, 0.15) is 6.42 Å². The Labute approximate surface area is 124 Å². The number of methoxy groups -OCH3 is 3. The standard InChI is InChI=1S/C14H21NO4S/c1-17-8-4-7-15-14(16)10-20-11-5-6-12(18-2)13(9-11)19-3/h5-6,9H,4,7-8,10H2,1-3H3,(H,15,16). The van der Waals surface area contributed by atoms with Crippen LogP contribution in [0.4, 0.5) is 0 Å². The highest BCUT2D eigenvalue weighted by Gasteiger charge is 2.07. The van der Waals surface area contributed by atoms with Crippen molar-refractivity contribution in [3.63, 3.8) is 0 Å². The van der Waals surface area contributed by atoms with E-state index in [0.717, 1.165) is 11.3 Å². The number of rotatable bonds is 9. The Kier molecular flexibility index (Phi) is 7.91. The van der Waals surface area contributed by atoms with E-state index < -0.39 is 0 Å². The molecule has 1 aromatic carbocycles. The Balaban J connectivity index is 2.39. The summed E-state index contributed by atoms with van der Waals surface area (Å²) in [5.74, 6) is 1.74. The lowest BCUT2D eigenvalue weighted by Gasteiger charge is -2.09. The maximum atomic E-state index is 11.6. The first-order chi connectivity index (χ1) is 9.71. The van der Waals surface area contributed by atoms with Crippen LogP contribution < -0.4 is 14.8 Å². The van der Waals surface area contributed by atoms with E-state index in [9.17, 15) is 4.79 Å². The second-order valence-electron chi connectivity index (χ2n) is 4.00. The molecule has 5 nitrogen and oxygen atoms in total. The van der Waals surface area contributed by atoms with Gasteiger partial charge in [-0.1, -0.05) is 0 Å². The molecule has 0 aliphatic heterocycles. The molecule has 0 bridgehead atoms. The molecule has 1 aromatic rings. The highest BCUT2D eigenvalue weighted by atomic mass is 32.2. The fourth-order valence-electron chi connectivity index (χ4n) is 1.55. The number of nitrogens with one attached hydrogen (secondary N) is 1. The van der Waals surface area contributed by atoms with Crippen LogP contribution in [0.2, 0.25) is 0 Å². The van der Waals surface area contributed by atoms with Crippen molar-refractivity contribution in [2.75, 3.05) is 40.2 Å². The minimum Gasteiger partial charge on any atom is -0.493 e. The number of hydrogen-bond donors (Lipinski definition) is 1. The van der Waals surface area contributed by atoms with Gasteiger partial charge < -0.3 is 19.5 Å². The molecule has 1 N–H and O–H groups in total. The Morgan fingerprint density at radius 2 is 1.95 bits per heavy atom. The first kappa shape index (κ1) is 16.7. The van der Waals surface area contributed by atoms with Crippen molar-refractivity contribution < 1.29 is 19.0 Å². The summed E-state index contributed by atoms with van der Waals surface area (Å²) in [6.07, 6.45) is 0.823. The minimum absolute atomic E-state index is 0.0147. The molecule has 1 rings (SSSR count). The summed E-state index contributed by atoms with van der Waals surface area (Å²) in [5, 5.41) is 2.84. The summed E-state index contributed by atoms with van der Waals surface area (Å²) >= 11 is 1.46. The molecule has 0 unspecified atom stereocenters. The predicted molar refractivity (Wildman–Crippen MR) is 79.8 cm³/mol. The van der Waals surface area contributed by atoms with Gasteiger partial charge in [-0.25, -0.2) is 0 Å². The molecule has 0 aromatic heterocycles. The fraction of sp³-hybridized carbons (Fsp3) is 0.500. The van der Waals surface area contributed by atoms with Crippen molar-refractivity contribution in [2.45, 2.75) is 11.3 Å². The number of amides is 1. The summed E-state index contributed by atoms with van der Waals surface area (Å²) in [4.78, 5) is 12.6. The van der Waals surface area contributed by atoms with Crippen LogP contribution >= 0.6 is 11.8 Å². The number of ether oxygens (including phenoxy) is 3. The predicted octanol–water partition coefficient (Wildman–Crippen LogP) is 1.95. The maximum Gasteiger partial charge on any atom is 0.230 e. The number of carbonyl (C=O) groups is 1. The zero-order chi connectivity index (χ0) is 14.8. The van der Waals surface area contributed by atoms with Crippen LogP contribution in [0.25, 0.3) is 0 Å². The van der Waals surface area contributed by atoms with Gasteiger partial charge >= 0.3 is 0 Å². The SMILES string of the molecule is COCCCNC(=O)CSc1ccc(OC)c(OC)c1. The Morgan fingerprint density at radius 3 is 2.60 bits per heavy atom. The molecule has 0 aliphatic rings. The van der Waals surface area contributed by atoms with Gasteiger partial charge in [0.1, 0.15) is 0 Å². The number of thioether (sulfide) groups is 1. The Morgan fingerprint density at radius 1 is 1.20 bits per heavy atom. The van der Waals surface area contributed by atoms with Crippen LogP contribution in [0.3, 0.4) is 0 Å². The normalized spacial score (nSPS) is 10.2. The zero-order valence-electron chi connectivity index (χ0n) is 12.1. The van der Waals surface area contributed by atoms with Gasteiger partial charge in [-0.15, -0.1) is 11.8 Å². The zero-order valence-corrected chi connectivity index (χ0v) is 12.9. The summed E-state index contributed by atoms with van der Waals surface area (Å²) in [6.45, 7) is 1.29. The fourth-order valence-corrected chi connectivity index (χ4v) is 2.31. The van der Waals surface area contributed by atoms with Crippen LogP contribution in [0.5, 0.6) is 11.5 Å². The molecule has 0 radical (unpaired) electrons. The van der Waals surface area contributed by atoms with E-state index in [1.165, 1.54) is 11.8 Å². The molecule has 0 aliphatic carbocycles. The van der Waals surface area contributed by atoms with Gasteiger partial charge in [0.05, 0.1) is 20.0 Å². The molecular weight excluding hydrogens is 278 g/mol. The van der Waals surface area contributed by atoms with Gasteiger partial charge in [0, 0.05) is 25.2 Å². The summed E-state index contributed by atoms with van der Waals surface area (Å²) in [6, 6.07) is 5.60. The number of hydrogen-bond acceptors (Lipinski definition) is 5. The third-order valence-electron chi connectivity index (χ3n) is 2.57. The van der Waals surface area contributed by atoms with Gasteiger partial charge in [-0.2, -0.15) is 0 Å². The van der Waals surface area contributed by atoms with E-state index in [1.807, 2.05) is 18.2 Å². The van der Waals surface area contributed by atoms with E-state index in [0.29, 0.717) is 30.4 Å². The smallest absolute Gasteiger partial charge is 0.230 e.